The lowest BCUT2D eigenvalue weighted by atomic mass is 10.2. The highest BCUT2D eigenvalue weighted by Gasteiger charge is 2.44. The quantitative estimate of drug-likeness (QED) is 0.738. The molecule has 0 aromatic heterocycles. The predicted molar refractivity (Wildman–Crippen MR) is 72.3 cm³/mol. The summed E-state index contributed by atoms with van der Waals surface area (Å²) in [6.07, 6.45) is -0.235. The molecule has 1 saturated heterocycles. The maximum Gasteiger partial charge on any atom is 0.411 e. The molecule has 1 atom stereocenters. The number of carbonyl (C=O) groups excluding carboxylic acids is 1. The maximum absolute atomic E-state index is 12.1. The Morgan fingerprint density at radius 1 is 1.56 bits per heavy atom. The first-order valence-electron chi connectivity index (χ1n) is 5.44. The molecule has 0 aromatic carbocycles. The number of thioether (sulfide) groups is 1. The molecule has 0 bridgehead atoms. The Labute approximate surface area is 108 Å². The highest BCUT2D eigenvalue weighted by molar-refractivity contribution is 8.00. The normalized spacial score (nSPS) is 24.6. The summed E-state index contributed by atoms with van der Waals surface area (Å²) in [7, 11) is 0. The maximum atomic E-state index is 12.1. The Morgan fingerprint density at radius 2 is 2.12 bits per heavy atom. The third-order valence-electron chi connectivity index (χ3n) is 2.38. The van der Waals surface area contributed by atoms with E-state index < -0.39 is 5.60 Å². The van der Waals surface area contributed by atoms with Crippen molar-refractivity contribution in [2.24, 2.45) is 0 Å². The van der Waals surface area contributed by atoms with Gasteiger partial charge in [0.2, 0.25) is 0 Å². The number of amides is 1. The van der Waals surface area contributed by atoms with Crippen molar-refractivity contribution in [3.05, 3.63) is 0 Å². The fraction of sp³-hybridized carbons (Fsp3) is 0.909. The predicted octanol–water partition coefficient (Wildman–Crippen LogP) is 3.00. The number of nitrogens with zero attached hydrogens (tertiary/aromatic N) is 1. The first-order chi connectivity index (χ1) is 7.17. The van der Waals surface area contributed by atoms with Gasteiger partial charge < -0.3 is 4.74 Å². The summed E-state index contributed by atoms with van der Waals surface area (Å²) in [6.45, 7) is 9.75. The van der Waals surface area contributed by atoms with E-state index in [0.717, 1.165) is 5.75 Å². The molecule has 0 spiro atoms. The van der Waals surface area contributed by atoms with Crippen molar-refractivity contribution in [3.63, 3.8) is 0 Å². The number of hydrogen-bond donors (Lipinski definition) is 1. The summed E-state index contributed by atoms with van der Waals surface area (Å²) < 4.78 is 5.43. The lowest BCUT2D eigenvalue weighted by molar-refractivity contribution is 0.0119. The van der Waals surface area contributed by atoms with Crippen LogP contribution in [0.25, 0.3) is 0 Å². The fourth-order valence-electron chi connectivity index (χ4n) is 1.70. The summed E-state index contributed by atoms with van der Waals surface area (Å²) >= 11 is 6.07. The van der Waals surface area contributed by atoms with Crippen LogP contribution in [0.1, 0.15) is 34.6 Å². The van der Waals surface area contributed by atoms with E-state index in [1.807, 2.05) is 39.5 Å². The van der Waals surface area contributed by atoms with Crippen molar-refractivity contribution in [2.75, 3.05) is 11.5 Å². The van der Waals surface area contributed by atoms with Crippen LogP contribution in [0.15, 0.2) is 0 Å². The van der Waals surface area contributed by atoms with Gasteiger partial charge in [-0.05, 0) is 34.6 Å². The molecule has 5 heteroatoms. The second-order valence-electron chi connectivity index (χ2n) is 5.44. The van der Waals surface area contributed by atoms with Gasteiger partial charge in [-0.3, -0.25) is 4.90 Å². The van der Waals surface area contributed by atoms with E-state index in [0.29, 0.717) is 5.75 Å². The number of carbonyl (C=O) groups is 1. The van der Waals surface area contributed by atoms with Gasteiger partial charge in [-0.1, -0.05) is 0 Å². The molecule has 1 heterocycles. The average Bonchev–Trinajstić information content (AvgIpc) is 2.37. The molecule has 0 N–H and O–H groups in total. The van der Waals surface area contributed by atoms with Crippen LogP contribution in [0.4, 0.5) is 4.79 Å². The third-order valence-corrected chi connectivity index (χ3v) is 4.25. The minimum atomic E-state index is -0.443. The van der Waals surface area contributed by atoms with Gasteiger partial charge in [0.1, 0.15) is 5.60 Å². The Hall–Kier alpha value is -0.0300. The van der Waals surface area contributed by atoms with Crippen molar-refractivity contribution in [1.29, 1.82) is 0 Å². The third kappa shape index (κ3) is 3.23. The van der Waals surface area contributed by atoms with E-state index in [1.165, 1.54) is 0 Å². The molecule has 0 radical (unpaired) electrons. The monoisotopic (exact) mass is 263 g/mol. The Balaban J connectivity index is 2.79. The van der Waals surface area contributed by atoms with E-state index in [1.54, 1.807) is 11.8 Å². The van der Waals surface area contributed by atoms with Crippen LogP contribution in [0.5, 0.6) is 0 Å². The van der Waals surface area contributed by atoms with Crippen molar-refractivity contribution < 1.29 is 9.53 Å². The van der Waals surface area contributed by atoms with Gasteiger partial charge in [0.05, 0.1) is 10.9 Å². The van der Waals surface area contributed by atoms with Gasteiger partial charge in [0.15, 0.2) is 0 Å². The number of rotatable bonds is 1. The van der Waals surface area contributed by atoms with Gasteiger partial charge in [-0.15, -0.1) is 11.8 Å². The largest absolute Gasteiger partial charge is 0.444 e. The molecule has 1 aliphatic rings. The van der Waals surface area contributed by atoms with Crippen molar-refractivity contribution in [3.8, 4) is 0 Å². The summed E-state index contributed by atoms with van der Waals surface area (Å²) in [5.74, 6) is 1.60. The van der Waals surface area contributed by atoms with Gasteiger partial charge in [-0.25, -0.2) is 4.79 Å². The zero-order chi connectivity index (χ0) is 12.6. The van der Waals surface area contributed by atoms with Crippen LogP contribution in [0.3, 0.4) is 0 Å². The molecule has 1 rings (SSSR count). The van der Waals surface area contributed by atoms with Gasteiger partial charge in [0.25, 0.3) is 0 Å². The Kier molecular flexibility index (Phi) is 4.11. The fourth-order valence-corrected chi connectivity index (χ4v) is 3.40. The van der Waals surface area contributed by atoms with Gasteiger partial charge in [0, 0.05) is 11.5 Å². The van der Waals surface area contributed by atoms with Crippen LogP contribution in [-0.2, 0) is 4.74 Å². The standard InChI is InChI=1S/C11H21NO2S2/c1-10(2,3)14-9(13)12-8(6-15)7-16-11(12,4)5/h8,15H,6-7H2,1-5H3/t8-/m1/s1. The Morgan fingerprint density at radius 3 is 2.56 bits per heavy atom. The summed E-state index contributed by atoms with van der Waals surface area (Å²) in [4.78, 5) is 13.7. The highest BCUT2D eigenvalue weighted by atomic mass is 32.2. The minimum Gasteiger partial charge on any atom is -0.444 e. The molecule has 1 fully saturated rings. The molecular formula is C11H21NO2S2. The minimum absolute atomic E-state index is 0.165. The van der Waals surface area contributed by atoms with Gasteiger partial charge in [-0.2, -0.15) is 12.6 Å². The first-order valence-corrected chi connectivity index (χ1v) is 7.06. The van der Waals surface area contributed by atoms with Crippen LogP contribution in [0.2, 0.25) is 0 Å². The summed E-state index contributed by atoms with van der Waals surface area (Å²) in [5, 5.41) is 0. The molecule has 16 heavy (non-hydrogen) atoms. The first kappa shape index (κ1) is 14.0. The lowest BCUT2D eigenvalue weighted by Crippen LogP contribution is -2.49. The molecule has 3 nitrogen and oxygen atoms in total. The molecule has 0 saturated carbocycles. The van der Waals surface area contributed by atoms with E-state index >= 15 is 0 Å². The number of thiol groups is 1. The van der Waals surface area contributed by atoms with Crippen molar-refractivity contribution >= 4 is 30.5 Å². The topological polar surface area (TPSA) is 29.5 Å². The number of hydrogen-bond acceptors (Lipinski definition) is 4. The van der Waals surface area contributed by atoms with E-state index in [4.69, 9.17) is 4.74 Å². The number of ether oxygens (including phenoxy) is 1. The molecule has 1 amide bonds. The summed E-state index contributed by atoms with van der Waals surface area (Å²) in [6, 6.07) is 0.165. The van der Waals surface area contributed by atoms with E-state index in [2.05, 4.69) is 12.6 Å². The smallest absolute Gasteiger partial charge is 0.411 e. The van der Waals surface area contributed by atoms with Crippen molar-refractivity contribution in [1.82, 2.24) is 4.90 Å². The zero-order valence-corrected chi connectivity index (χ0v) is 12.3. The zero-order valence-electron chi connectivity index (χ0n) is 10.6. The Bertz CT molecular complexity index is 274. The molecule has 1 aliphatic heterocycles. The van der Waals surface area contributed by atoms with E-state index in [-0.39, 0.29) is 17.0 Å². The molecule has 0 aromatic rings. The molecular weight excluding hydrogens is 242 g/mol. The second kappa shape index (κ2) is 4.69. The van der Waals surface area contributed by atoms with Crippen LogP contribution >= 0.6 is 24.4 Å². The second-order valence-corrected chi connectivity index (χ2v) is 7.43. The molecule has 0 unspecified atom stereocenters. The molecule has 0 aliphatic carbocycles. The highest BCUT2D eigenvalue weighted by Crippen LogP contribution is 2.39. The lowest BCUT2D eigenvalue weighted by Gasteiger charge is -2.35. The average molecular weight is 263 g/mol. The van der Waals surface area contributed by atoms with Gasteiger partial charge >= 0.3 is 6.09 Å². The van der Waals surface area contributed by atoms with Crippen LogP contribution in [0, 0.1) is 0 Å². The summed E-state index contributed by atoms with van der Waals surface area (Å²) in [5.41, 5.74) is -0.443. The molecule has 94 valence electrons. The van der Waals surface area contributed by atoms with Crippen LogP contribution < -0.4 is 0 Å². The van der Waals surface area contributed by atoms with E-state index in [9.17, 15) is 4.79 Å². The SMILES string of the molecule is CC(C)(C)OC(=O)N1[C@H](CS)CSC1(C)C. The van der Waals surface area contributed by atoms with Crippen molar-refractivity contribution in [2.45, 2.75) is 51.1 Å². The van der Waals surface area contributed by atoms with Crippen LogP contribution in [-0.4, -0.2) is 39.0 Å².